The molecule has 5 heteroatoms. The van der Waals surface area contributed by atoms with Crippen LogP contribution >= 0.6 is 43.5 Å². The predicted molar refractivity (Wildman–Crippen MR) is 85.8 cm³/mol. The van der Waals surface area contributed by atoms with Gasteiger partial charge in [0.25, 0.3) is 5.91 Å². The molecule has 0 spiro atoms. The zero-order valence-electron chi connectivity index (χ0n) is 10.5. The van der Waals surface area contributed by atoms with Crippen LogP contribution in [0.25, 0.3) is 0 Å². The van der Waals surface area contributed by atoms with Crippen LogP contribution in [-0.4, -0.2) is 29.8 Å². The lowest BCUT2D eigenvalue weighted by Gasteiger charge is -2.32. The number of hydrogen-bond acceptors (Lipinski definition) is 1. The third-order valence-electron chi connectivity index (χ3n) is 3.43. The van der Waals surface area contributed by atoms with Crippen LogP contribution in [0.15, 0.2) is 27.1 Å². The van der Waals surface area contributed by atoms with E-state index < -0.39 is 0 Å². The van der Waals surface area contributed by atoms with Crippen LogP contribution in [0, 0.1) is 5.92 Å². The molecule has 1 unspecified atom stereocenters. The van der Waals surface area contributed by atoms with E-state index in [1.165, 1.54) is 6.42 Å². The maximum Gasteiger partial charge on any atom is 0.253 e. The zero-order chi connectivity index (χ0) is 13.8. The number of benzene rings is 1. The Balaban J connectivity index is 2.10. The smallest absolute Gasteiger partial charge is 0.253 e. The summed E-state index contributed by atoms with van der Waals surface area (Å²) in [5, 5.41) is 0. The van der Waals surface area contributed by atoms with Gasteiger partial charge >= 0.3 is 0 Å². The van der Waals surface area contributed by atoms with Crippen molar-refractivity contribution in [2.45, 2.75) is 19.3 Å². The summed E-state index contributed by atoms with van der Waals surface area (Å²) in [6, 6.07) is 5.68. The van der Waals surface area contributed by atoms with Crippen molar-refractivity contribution in [1.82, 2.24) is 4.90 Å². The highest BCUT2D eigenvalue weighted by atomic mass is 79.9. The highest BCUT2D eigenvalue weighted by molar-refractivity contribution is 9.11. The average Bonchev–Trinajstić information content (AvgIpc) is 2.37. The molecule has 0 radical (unpaired) electrons. The van der Waals surface area contributed by atoms with Crippen molar-refractivity contribution in [3.8, 4) is 0 Å². The summed E-state index contributed by atoms with van der Waals surface area (Å²) < 4.78 is 1.83. The lowest BCUT2D eigenvalue weighted by Crippen LogP contribution is -2.40. The Morgan fingerprint density at radius 1 is 1.32 bits per heavy atom. The van der Waals surface area contributed by atoms with Crippen LogP contribution in [0.3, 0.4) is 0 Å². The molecule has 2 nitrogen and oxygen atoms in total. The molecule has 1 fully saturated rings. The highest BCUT2D eigenvalue weighted by Gasteiger charge is 2.24. The SMILES string of the molecule is O=C(c1cc(Br)cc(Br)c1)N1CCCC(CCCl)C1. The van der Waals surface area contributed by atoms with E-state index in [9.17, 15) is 4.79 Å². The number of amides is 1. The quantitative estimate of drug-likeness (QED) is 0.663. The van der Waals surface area contributed by atoms with Gasteiger partial charge in [0.1, 0.15) is 0 Å². The summed E-state index contributed by atoms with van der Waals surface area (Å²) in [6.45, 7) is 1.68. The summed E-state index contributed by atoms with van der Waals surface area (Å²) in [6.07, 6.45) is 3.24. The molecule has 19 heavy (non-hydrogen) atoms. The Labute approximate surface area is 135 Å². The number of carbonyl (C=O) groups excluding carboxylic acids is 1. The first-order chi connectivity index (χ1) is 9.10. The van der Waals surface area contributed by atoms with Gasteiger partial charge in [-0.15, -0.1) is 11.6 Å². The minimum atomic E-state index is 0.112. The molecule has 1 heterocycles. The van der Waals surface area contributed by atoms with Crippen molar-refractivity contribution in [3.63, 3.8) is 0 Å². The van der Waals surface area contributed by atoms with E-state index in [0.717, 1.165) is 40.4 Å². The minimum absolute atomic E-state index is 0.112. The standard InChI is InChI=1S/C14H16Br2ClNO/c15-12-6-11(7-13(16)8-12)14(19)18-5-1-2-10(9-18)3-4-17/h6-8,10H,1-5,9H2. The fourth-order valence-corrected chi connectivity index (χ4v) is 4.10. The van der Waals surface area contributed by atoms with E-state index in [1.54, 1.807) is 0 Å². The largest absolute Gasteiger partial charge is 0.338 e. The third-order valence-corrected chi connectivity index (χ3v) is 4.57. The number of halogens is 3. The van der Waals surface area contributed by atoms with Crippen LogP contribution in [0.5, 0.6) is 0 Å². The number of nitrogens with zero attached hydrogens (tertiary/aromatic N) is 1. The number of likely N-dealkylation sites (tertiary alicyclic amines) is 1. The summed E-state index contributed by atoms with van der Waals surface area (Å²) in [7, 11) is 0. The number of piperidine rings is 1. The molecule has 104 valence electrons. The number of hydrogen-bond donors (Lipinski definition) is 0. The van der Waals surface area contributed by atoms with Crippen LogP contribution in [0.2, 0.25) is 0 Å². The Morgan fingerprint density at radius 2 is 2.00 bits per heavy atom. The minimum Gasteiger partial charge on any atom is -0.338 e. The highest BCUT2D eigenvalue weighted by Crippen LogP contribution is 2.24. The topological polar surface area (TPSA) is 20.3 Å². The maximum atomic E-state index is 12.5. The monoisotopic (exact) mass is 407 g/mol. The van der Waals surface area contributed by atoms with Crippen molar-refractivity contribution >= 4 is 49.4 Å². The van der Waals surface area contributed by atoms with Gasteiger partial charge in [0, 0.05) is 33.5 Å². The normalized spacial score (nSPS) is 19.5. The summed E-state index contributed by atoms with van der Waals surface area (Å²) in [4.78, 5) is 14.5. The van der Waals surface area contributed by atoms with Gasteiger partial charge in [-0.3, -0.25) is 4.79 Å². The lowest BCUT2D eigenvalue weighted by atomic mass is 9.95. The van der Waals surface area contributed by atoms with Crippen molar-refractivity contribution in [2.24, 2.45) is 5.92 Å². The zero-order valence-corrected chi connectivity index (χ0v) is 14.5. The molecule has 0 bridgehead atoms. The van der Waals surface area contributed by atoms with Crippen LogP contribution in [0.4, 0.5) is 0 Å². The van der Waals surface area contributed by atoms with E-state index in [4.69, 9.17) is 11.6 Å². The van der Waals surface area contributed by atoms with Gasteiger partial charge in [-0.25, -0.2) is 0 Å². The second-order valence-corrected chi connectivity index (χ2v) is 7.10. The molecule has 1 aliphatic rings. The van der Waals surface area contributed by atoms with Gasteiger partial charge in [0.15, 0.2) is 0 Å². The Kier molecular flexibility index (Phi) is 5.72. The van der Waals surface area contributed by atoms with E-state index in [-0.39, 0.29) is 5.91 Å². The molecule has 0 aromatic heterocycles. The fourth-order valence-electron chi connectivity index (χ4n) is 2.50. The molecule has 2 rings (SSSR count). The van der Waals surface area contributed by atoms with Crippen molar-refractivity contribution in [3.05, 3.63) is 32.7 Å². The Bertz CT molecular complexity index is 445. The molecule has 1 aliphatic heterocycles. The van der Waals surface area contributed by atoms with Crippen LogP contribution in [-0.2, 0) is 0 Å². The van der Waals surface area contributed by atoms with Gasteiger partial charge in [-0.05, 0) is 43.4 Å². The average molecular weight is 410 g/mol. The summed E-state index contributed by atoms with van der Waals surface area (Å²) in [5.41, 5.74) is 0.729. The summed E-state index contributed by atoms with van der Waals surface area (Å²) >= 11 is 12.7. The van der Waals surface area contributed by atoms with E-state index >= 15 is 0 Å². The summed E-state index contributed by atoms with van der Waals surface area (Å²) in [5.74, 6) is 1.34. The van der Waals surface area contributed by atoms with Gasteiger partial charge in [0.05, 0.1) is 0 Å². The molecule has 0 aliphatic carbocycles. The molecular weight excluding hydrogens is 393 g/mol. The van der Waals surface area contributed by atoms with E-state index in [2.05, 4.69) is 31.9 Å². The number of alkyl halides is 1. The predicted octanol–water partition coefficient (Wildman–Crippen LogP) is 4.69. The number of rotatable bonds is 3. The Hall–Kier alpha value is -0.0600. The Morgan fingerprint density at radius 3 is 2.63 bits per heavy atom. The molecule has 1 aromatic carbocycles. The van der Waals surface area contributed by atoms with Gasteiger partial charge in [-0.1, -0.05) is 31.9 Å². The van der Waals surface area contributed by atoms with Crippen LogP contribution in [0.1, 0.15) is 29.6 Å². The van der Waals surface area contributed by atoms with Crippen molar-refractivity contribution in [2.75, 3.05) is 19.0 Å². The first kappa shape index (κ1) is 15.3. The molecule has 0 N–H and O–H groups in total. The van der Waals surface area contributed by atoms with Gasteiger partial charge in [0.2, 0.25) is 0 Å². The molecule has 1 aromatic rings. The number of carbonyl (C=O) groups is 1. The van der Waals surface area contributed by atoms with E-state index in [1.807, 2.05) is 23.1 Å². The molecule has 1 atom stereocenters. The van der Waals surface area contributed by atoms with Gasteiger partial charge < -0.3 is 4.90 Å². The first-order valence-corrected chi connectivity index (χ1v) is 8.53. The second-order valence-electron chi connectivity index (χ2n) is 4.90. The molecule has 1 amide bonds. The first-order valence-electron chi connectivity index (χ1n) is 6.41. The van der Waals surface area contributed by atoms with Crippen molar-refractivity contribution < 1.29 is 4.79 Å². The van der Waals surface area contributed by atoms with E-state index in [0.29, 0.717) is 11.8 Å². The van der Waals surface area contributed by atoms with Crippen LogP contribution < -0.4 is 0 Å². The third kappa shape index (κ3) is 4.20. The molecule has 1 saturated heterocycles. The van der Waals surface area contributed by atoms with Crippen molar-refractivity contribution in [1.29, 1.82) is 0 Å². The molecule has 0 saturated carbocycles. The molecular formula is C14H16Br2ClNO. The second kappa shape index (κ2) is 7.09. The van der Waals surface area contributed by atoms with Gasteiger partial charge in [-0.2, -0.15) is 0 Å². The lowest BCUT2D eigenvalue weighted by molar-refractivity contribution is 0.0671. The maximum absolute atomic E-state index is 12.5. The fraction of sp³-hybridized carbons (Fsp3) is 0.500.